The third kappa shape index (κ3) is 3.95. The summed E-state index contributed by atoms with van der Waals surface area (Å²) in [7, 11) is 0. The number of imide groups is 1. The number of fused-ring (bicyclic) bond motifs is 1. The van der Waals surface area contributed by atoms with Crippen LogP contribution in [0.3, 0.4) is 0 Å². The summed E-state index contributed by atoms with van der Waals surface area (Å²) in [6.45, 7) is 3.01. The van der Waals surface area contributed by atoms with Gasteiger partial charge in [-0.2, -0.15) is 0 Å². The number of carbonyl (C=O) groups is 3. The van der Waals surface area contributed by atoms with E-state index in [0.717, 1.165) is 35.0 Å². The second-order valence-corrected chi connectivity index (χ2v) is 9.18. The third-order valence-electron chi connectivity index (χ3n) is 6.35. The van der Waals surface area contributed by atoms with Gasteiger partial charge in [-0.25, -0.2) is 4.98 Å². The number of piperidine rings is 2. The van der Waals surface area contributed by atoms with Crippen LogP contribution in [0.2, 0.25) is 0 Å². The Kier molecular flexibility index (Phi) is 5.45. The fourth-order valence-electron chi connectivity index (χ4n) is 4.65. The Bertz CT molecular complexity index is 1030. The van der Waals surface area contributed by atoms with Crippen LogP contribution in [-0.2, 0) is 22.7 Å². The van der Waals surface area contributed by atoms with Crippen LogP contribution in [0.5, 0.6) is 0 Å². The molecule has 9 heteroatoms. The lowest BCUT2D eigenvalue weighted by Gasteiger charge is -2.29. The van der Waals surface area contributed by atoms with E-state index in [4.69, 9.17) is 4.98 Å². The molecule has 8 nitrogen and oxygen atoms in total. The molecule has 0 radical (unpaired) electrons. The first kappa shape index (κ1) is 20.1. The Balaban J connectivity index is 1.28. The molecule has 0 saturated carbocycles. The molecule has 0 spiro atoms. The van der Waals surface area contributed by atoms with E-state index in [1.165, 1.54) is 12.8 Å². The van der Waals surface area contributed by atoms with Gasteiger partial charge in [0.1, 0.15) is 6.04 Å². The molecule has 2 aromatic rings. The summed E-state index contributed by atoms with van der Waals surface area (Å²) < 4.78 is 0. The minimum Gasteiger partial charge on any atom is -0.357 e. The molecule has 2 saturated heterocycles. The van der Waals surface area contributed by atoms with Crippen LogP contribution in [0.1, 0.15) is 58.8 Å². The highest BCUT2D eigenvalue weighted by Gasteiger charge is 2.39. The van der Waals surface area contributed by atoms with Crippen LogP contribution >= 0.6 is 11.3 Å². The molecule has 3 amide bonds. The molecule has 162 valence electrons. The zero-order valence-electron chi connectivity index (χ0n) is 17.1. The minimum absolute atomic E-state index is 0.146. The van der Waals surface area contributed by atoms with Crippen molar-refractivity contribution >= 4 is 34.2 Å². The number of rotatable bonds is 5. The molecular formula is C22H25N5O3S. The van der Waals surface area contributed by atoms with Gasteiger partial charge in [0.15, 0.2) is 5.13 Å². The zero-order chi connectivity index (χ0) is 21.4. The van der Waals surface area contributed by atoms with Gasteiger partial charge in [-0.15, -0.1) is 11.3 Å². The molecule has 3 aliphatic rings. The number of aromatic nitrogens is 1. The lowest BCUT2D eigenvalue weighted by Crippen LogP contribution is -2.52. The Hall–Kier alpha value is -2.78. The van der Waals surface area contributed by atoms with Crippen LogP contribution in [0.4, 0.5) is 5.13 Å². The standard InChI is InChI=1S/C22H25N5O3S/c28-19-7-6-18(20(29)26-19)27-11-16-13(3-1-5-15(16)21(27)30)10-24-22-25-17(12-31-22)14-4-2-8-23-9-14/h1,3,5,12,14,18,23H,2,4,6-11H2,(H,24,25)(H,26,28,29). The summed E-state index contributed by atoms with van der Waals surface area (Å²) in [5, 5.41) is 12.2. The smallest absolute Gasteiger partial charge is 0.255 e. The minimum atomic E-state index is -0.593. The summed E-state index contributed by atoms with van der Waals surface area (Å²) in [5.74, 6) is -0.333. The van der Waals surface area contributed by atoms with E-state index < -0.39 is 6.04 Å². The Morgan fingerprint density at radius 1 is 1.23 bits per heavy atom. The second-order valence-electron chi connectivity index (χ2n) is 8.32. The maximum atomic E-state index is 13.0. The predicted octanol–water partition coefficient (Wildman–Crippen LogP) is 1.98. The lowest BCUT2D eigenvalue weighted by atomic mass is 9.97. The molecule has 2 fully saturated rings. The Labute approximate surface area is 184 Å². The molecule has 0 bridgehead atoms. The molecule has 2 atom stereocenters. The van der Waals surface area contributed by atoms with Gasteiger partial charge in [-0.05, 0) is 43.0 Å². The quantitative estimate of drug-likeness (QED) is 0.616. The summed E-state index contributed by atoms with van der Waals surface area (Å²) in [4.78, 5) is 43.0. The Morgan fingerprint density at radius 3 is 2.94 bits per heavy atom. The fourth-order valence-corrected chi connectivity index (χ4v) is 5.44. The largest absolute Gasteiger partial charge is 0.357 e. The molecule has 3 aliphatic heterocycles. The number of thiazole rings is 1. The van der Waals surface area contributed by atoms with Gasteiger partial charge in [-0.3, -0.25) is 19.7 Å². The van der Waals surface area contributed by atoms with Gasteiger partial charge in [0.25, 0.3) is 5.91 Å². The van der Waals surface area contributed by atoms with Crippen LogP contribution in [0.15, 0.2) is 23.6 Å². The van der Waals surface area contributed by atoms with E-state index in [-0.39, 0.29) is 24.1 Å². The van der Waals surface area contributed by atoms with Crippen molar-refractivity contribution in [2.45, 2.75) is 50.7 Å². The SMILES string of the molecule is O=C1CCC(N2Cc3c(CNc4nc(C5CCCNC5)cs4)cccc3C2=O)C(=O)N1. The summed E-state index contributed by atoms with van der Waals surface area (Å²) >= 11 is 1.61. The molecule has 2 unspecified atom stereocenters. The van der Waals surface area contributed by atoms with E-state index in [0.29, 0.717) is 31.0 Å². The summed E-state index contributed by atoms with van der Waals surface area (Å²) in [6, 6.07) is 5.10. The first-order valence-electron chi connectivity index (χ1n) is 10.8. The average Bonchev–Trinajstić information content (AvgIpc) is 3.38. The highest BCUT2D eigenvalue weighted by Crippen LogP contribution is 2.31. The van der Waals surface area contributed by atoms with Crippen molar-refractivity contribution in [3.63, 3.8) is 0 Å². The number of anilines is 1. The van der Waals surface area contributed by atoms with Gasteiger partial charge in [-0.1, -0.05) is 12.1 Å². The predicted molar refractivity (Wildman–Crippen MR) is 117 cm³/mol. The zero-order valence-corrected chi connectivity index (χ0v) is 18.0. The van der Waals surface area contributed by atoms with E-state index >= 15 is 0 Å². The first-order valence-corrected chi connectivity index (χ1v) is 11.6. The summed E-state index contributed by atoms with van der Waals surface area (Å²) in [5.41, 5.74) is 3.74. The van der Waals surface area contributed by atoms with Gasteiger partial charge >= 0.3 is 0 Å². The maximum absolute atomic E-state index is 13.0. The topological polar surface area (TPSA) is 103 Å². The highest BCUT2D eigenvalue weighted by atomic mass is 32.1. The van der Waals surface area contributed by atoms with Crippen LogP contribution in [0, 0.1) is 0 Å². The maximum Gasteiger partial charge on any atom is 0.255 e. The van der Waals surface area contributed by atoms with Gasteiger partial charge in [0, 0.05) is 42.9 Å². The molecule has 31 heavy (non-hydrogen) atoms. The van der Waals surface area contributed by atoms with Crippen LogP contribution in [0.25, 0.3) is 0 Å². The number of carbonyl (C=O) groups excluding carboxylic acids is 3. The van der Waals surface area contributed by atoms with Crippen LogP contribution < -0.4 is 16.0 Å². The molecule has 3 N–H and O–H groups in total. The number of benzene rings is 1. The molecule has 0 aliphatic carbocycles. The number of hydrogen-bond acceptors (Lipinski definition) is 7. The van der Waals surface area contributed by atoms with E-state index in [1.807, 2.05) is 18.2 Å². The van der Waals surface area contributed by atoms with Crippen molar-refractivity contribution < 1.29 is 14.4 Å². The lowest BCUT2D eigenvalue weighted by molar-refractivity contribution is -0.136. The fraction of sp³-hybridized carbons (Fsp3) is 0.455. The van der Waals surface area contributed by atoms with Crippen molar-refractivity contribution in [3.8, 4) is 0 Å². The van der Waals surface area contributed by atoms with E-state index in [1.54, 1.807) is 16.2 Å². The third-order valence-corrected chi connectivity index (χ3v) is 7.16. The van der Waals surface area contributed by atoms with Crippen molar-refractivity contribution in [1.29, 1.82) is 0 Å². The molecule has 4 heterocycles. The normalized spacial score (nSPS) is 23.6. The molecule has 1 aromatic heterocycles. The monoisotopic (exact) mass is 439 g/mol. The molecular weight excluding hydrogens is 414 g/mol. The number of hydrogen-bond donors (Lipinski definition) is 3. The second kappa shape index (κ2) is 8.39. The van der Waals surface area contributed by atoms with Gasteiger partial charge in [0.05, 0.1) is 5.69 Å². The Morgan fingerprint density at radius 2 is 2.13 bits per heavy atom. The molecule has 5 rings (SSSR count). The summed E-state index contributed by atoms with van der Waals surface area (Å²) in [6.07, 6.45) is 2.98. The number of amides is 3. The number of nitrogens with one attached hydrogen (secondary N) is 3. The molecule has 1 aromatic carbocycles. The highest BCUT2D eigenvalue weighted by molar-refractivity contribution is 7.13. The van der Waals surface area contributed by atoms with Crippen molar-refractivity contribution in [1.82, 2.24) is 20.5 Å². The van der Waals surface area contributed by atoms with E-state index in [2.05, 4.69) is 21.3 Å². The average molecular weight is 440 g/mol. The van der Waals surface area contributed by atoms with Crippen molar-refractivity contribution in [3.05, 3.63) is 46.0 Å². The number of nitrogens with zero attached hydrogens (tertiary/aromatic N) is 2. The van der Waals surface area contributed by atoms with Crippen molar-refractivity contribution in [2.24, 2.45) is 0 Å². The van der Waals surface area contributed by atoms with Crippen LogP contribution in [-0.4, -0.2) is 46.7 Å². The van der Waals surface area contributed by atoms with Gasteiger partial charge < -0.3 is 15.5 Å². The van der Waals surface area contributed by atoms with E-state index in [9.17, 15) is 14.4 Å². The van der Waals surface area contributed by atoms with Gasteiger partial charge in [0.2, 0.25) is 11.8 Å². The van der Waals surface area contributed by atoms with Crippen molar-refractivity contribution in [2.75, 3.05) is 18.4 Å². The first-order chi connectivity index (χ1) is 15.1.